The van der Waals surface area contributed by atoms with Gasteiger partial charge in [0.2, 0.25) is 0 Å². The molecule has 1 aromatic rings. The van der Waals surface area contributed by atoms with Gasteiger partial charge in [-0.3, -0.25) is 14.3 Å². The van der Waals surface area contributed by atoms with Crippen LogP contribution in [0.3, 0.4) is 0 Å². The first-order chi connectivity index (χ1) is 8.78. The van der Waals surface area contributed by atoms with E-state index in [1.54, 1.807) is 0 Å². The number of aromatic nitrogens is 2. The van der Waals surface area contributed by atoms with Crippen molar-refractivity contribution in [1.82, 2.24) is 9.55 Å². The molecule has 0 aliphatic carbocycles. The molecule has 1 aliphatic heterocycles. The summed E-state index contributed by atoms with van der Waals surface area (Å²) >= 11 is 12.0. The maximum absolute atomic E-state index is 11.7. The smallest absolute Gasteiger partial charge is 0.330 e. The highest BCUT2D eigenvalue weighted by Crippen LogP contribution is 2.45. The Labute approximate surface area is 117 Å². The zero-order chi connectivity index (χ0) is 14.4. The van der Waals surface area contributed by atoms with Gasteiger partial charge in [0.25, 0.3) is 5.56 Å². The van der Waals surface area contributed by atoms with Crippen molar-refractivity contribution in [2.24, 2.45) is 0 Å². The van der Waals surface area contributed by atoms with Gasteiger partial charge in [0.1, 0.15) is 12.2 Å². The third kappa shape index (κ3) is 2.32. The number of alkyl halides is 2. The summed E-state index contributed by atoms with van der Waals surface area (Å²) in [5.41, 5.74) is -1.04. The molecule has 1 fully saturated rings. The monoisotopic (exact) mass is 310 g/mol. The number of aryl methyl sites for hydroxylation is 1. The maximum atomic E-state index is 11.7. The topological polar surface area (TPSA) is 105 Å². The first kappa shape index (κ1) is 14.5. The molecule has 2 rings (SSSR count). The van der Waals surface area contributed by atoms with Crippen molar-refractivity contribution in [3.05, 3.63) is 32.6 Å². The molecule has 106 valence electrons. The summed E-state index contributed by atoms with van der Waals surface area (Å²) in [5, 5.41) is 18.9. The van der Waals surface area contributed by atoms with Crippen LogP contribution in [0.15, 0.2) is 15.8 Å². The van der Waals surface area contributed by atoms with E-state index in [0.717, 1.165) is 4.57 Å². The molecule has 9 heteroatoms. The fraction of sp³-hybridized carbons (Fsp3) is 0.600. The minimum absolute atomic E-state index is 0.259. The molecule has 0 unspecified atom stereocenters. The SMILES string of the molecule is Cc1cn([C@@H]2O[C@H](CO)[C@@H](O)C2(Cl)Cl)c(=O)[nH]c1=O. The summed E-state index contributed by atoms with van der Waals surface area (Å²) in [4.78, 5) is 25.1. The Morgan fingerprint density at radius 2 is 2.16 bits per heavy atom. The second-order valence-corrected chi connectivity index (χ2v) is 5.75. The molecule has 0 amide bonds. The molecular weight excluding hydrogens is 299 g/mol. The van der Waals surface area contributed by atoms with E-state index in [4.69, 9.17) is 33.0 Å². The molecule has 1 saturated heterocycles. The number of hydrogen-bond acceptors (Lipinski definition) is 5. The number of aliphatic hydroxyl groups is 2. The van der Waals surface area contributed by atoms with Gasteiger partial charge in [0.05, 0.1) is 6.61 Å². The van der Waals surface area contributed by atoms with E-state index in [1.807, 2.05) is 0 Å². The van der Waals surface area contributed by atoms with E-state index in [2.05, 4.69) is 4.98 Å². The van der Waals surface area contributed by atoms with Gasteiger partial charge in [-0.05, 0) is 6.92 Å². The quantitative estimate of drug-likeness (QED) is 0.625. The summed E-state index contributed by atoms with van der Waals surface area (Å²) in [6, 6.07) is 0. The number of hydrogen-bond donors (Lipinski definition) is 3. The van der Waals surface area contributed by atoms with E-state index >= 15 is 0 Å². The molecule has 0 radical (unpaired) electrons. The molecule has 1 aromatic heterocycles. The molecule has 0 spiro atoms. The molecule has 2 heterocycles. The molecule has 7 nitrogen and oxygen atoms in total. The van der Waals surface area contributed by atoms with Crippen LogP contribution in [0.2, 0.25) is 0 Å². The highest BCUT2D eigenvalue weighted by atomic mass is 35.5. The van der Waals surface area contributed by atoms with Gasteiger partial charge in [-0.2, -0.15) is 0 Å². The van der Waals surface area contributed by atoms with Crippen LogP contribution in [0.4, 0.5) is 0 Å². The standard InChI is InChI=1S/C10H12Cl2N2O5/c1-4-2-14(9(18)13-7(4)17)8-10(11,12)6(16)5(3-15)19-8/h2,5-6,8,15-16H,3H2,1H3,(H,13,17,18)/t5-,6-,8-/m1/s1. The number of aliphatic hydroxyl groups excluding tert-OH is 2. The molecule has 0 saturated carbocycles. The summed E-state index contributed by atoms with van der Waals surface area (Å²) in [5.74, 6) is 0. The second kappa shape index (κ2) is 4.92. The molecule has 19 heavy (non-hydrogen) atoms. The van der Waals surface area contributed by atoms with Gasteiger partial charge in [-0.1, -0.05) is 23.2 Å². The van der Waals surface area contributed by atoms with Crippen LogP contribution in [0.5, 0.6) is 0 Å². The summed E-state index contributed by atoms with van der Waals surface area (Å²) in [6.45, 7) is 0.990. The summed E-state index contributed by atoms with van der Waals surface area (Å²) in [7, 11) is 0. The Morgan fingerprint density at radius 1 is 1.53 bits per heavy atom. The lowest BCUT2D eigenvalue weighted by atomic mass is 10.1. The number of ether oxygens (including phenoxy) is 1. The largest absolute Gasteiger partial charge is 0.394 e. The first-order valence-corrected chi connectivity index (χ1v) is 6.19. The minimum Gasteiger partial charge on any atom is -0.394 e. The van der Waals surface area contributed by atoms with E-state index in [9.17, 15) is 14.7 Å². The van der Waals surface area contributed by atoms with Crippen molar-refractivity contribution in [2.45, 2.75) is 29.7 Å². The van der Waals surface area contributed by atoms with Crippen molar-refractivity contribution in [1.29, 1.82) is 0 Å². The van der Waals surface area contributed by atoms with Gasteiger partial charge >= 0.3 is 5.69 Å². The van der Waals surface area contributed by atoms with Crippen LogP contribution in [-0.2, 0) is 4.74 Å². The fourth-order valence-electron chi connectivity index (χ4n) is 1.88. The van der Waals surface area contributed by atoms with Crippen molar-refractivity contribution < 1.29 is 14.9 Å². The van der Waals surface area contributed by atoms with E-state index in [1.165, 1.54) is 13.1 Å². The van der Waals surface area contributed by atoms with Crippen molar-refractivity contribution in [2.75, 3.05) is 6.61 Å². The average Bonchev–Trinajstić information content (AvgIpc) is 2.56. The van der Waals surface area contributed by atoms with Gasteiger partial charge in [-0.25, -0.2) is 4.79 Å². The highest BCUT2D eigenvalue weighted by molar-refractivity contribution is 6.49. The van der Waals surface area contributed by atoms with Crippen LogP contribution < -0.4 is 11.2 Å². The number of rotatable bonds is 2. The first-order valence-electron chi connectivity index (χ1n) is 5.43. The molecule has 0 aromatic carbocycles. The van der Waals surface area contributed by atoms with Crippen LogP contribution in [0.25, 0.3) is 0 Å². The Hall–Kier alpha value is -0.860. The lowest BCUT2D eigenvalue weighted by molar-refractivity contribution is -0.0462. The highest BCUT2D eigenvalue weighted by Gasteiger charge is 2.55. The van der Waals surface area contributed by atoms with E-state index < -0.39 is 40.6 Å². The van der Waals surface area contributed by atoms with Gasteiger partial charge in [0.15, 0.2) is 10.6 Å². The number of aromatic amines is 1. The lowest BCUT2D eigenvalue weighted by Crippen LogP contribution is -2.41. The number of nitrogens with one attached hydrogen (secondary N) is 1. The van der Waals surface area contributed by atoms with Crippen molar-refractivity contribution >= 4 is 23.2 Å². The third-order valence-electron chi connectivity index (χ3n) is 2.96. The number of nitrogens with zero attached hydrogens (tertiary/aromatic N) is 1. The van der Waals surface area contributed by atoms with Crippen molar-refractivity contribution in [3.63, 3.8) is 0 Å². The molecule has 3 N–H and O–H groups in total. The Morgan fingerprint density at radius 3 is 2.68 bits per heavy atom. The zero-order valence-corrected chi connectivity index (χ0v) is 11.4. The number of H-pyrrole nitrogens is 1. The fourth-order valence-corrected chi connectivity index (χ4v) is 2.47. The van der Waals surface area contributed by atoms with Gasteiger partial charge in [0, 0.05) is 11.8 Å². The minimum atomic E-state index is -1.82. The lowest BCUT2D eigenvalue weighted by Gasteiger charge is -2.24. The normalized spacial score (nSPS) is 29.6. The predicted octanol–water partition coefficient (Wildman–Crippen LogP) is -0.730. The van der Waals surface area contributed by atoms with Crippen LogP contribution in [-0.4, -0.2) is 42.9 Å². The molecule has 1 aliphatic rings. The summed E-state index contributed by atoms with van der Waals surface area (Å²) < 4.78 is 4.44. The Balaban J connectivity index is 2.51. The number of halogens is 2. The predicted molar refractivity (Wildman–Crippen MR) is 67.5 cm³/mol. The van der Waals surface area contributed by atoms with Crippen molar-refractivity contribution in [3.8, 4) is 0 Å². The third-order valence-corrected chi connectivity index (χ3v) is 3.78. The molecular formula is C10H12Cl2N2O5. The van der Waals surface area contributed by atoms with E-state index in [-0.39, 0.29) is 5.56 Å². The zero-order valence-electron chi connectivity index (χ0n) is 9.84. The van der Waals surface area contributed by atoms with Gasteiger partial charge in [-0.15, -0.1) is 0 Å². The van der Waals surface area contributed by atoms with Crippen LogP contribution in [0, 0.1) is 6.92 Å². The Kier molecular flexibility index (Phi) is 3.76. The second-order valence-electron chi connectivity index (χ2n) is 4.31. The summed E-state index contributed by atoms with van der Waals surface area (Å²) in [6.07, 6.45) is -2.37. The maximum Gasteiger partial charge on any atom is 0.330 e. The molecule has 0 bridgehead atoms. The van der Waals surface area contributed by atoms with Crippen LogP contribution in [0.1, 0.15) is 11.8 Å². The van der Waals surface area contributed by atoms with Gasteiger partial charge < -0.3 is 14.9 Å². The average molecular weight is 311 g/mol. The Bertz CT molecular complexity index is 596. The molecule has 3 atom stereocenters. The van der Waals surface area contributed by atoms with E-state index in [0.29, 0.717) is 0 Å². The van der Waals surface area contributed by atoms with Crippen LogP contribution >= 0.6 is 23.2 Å².